The maximum Gasteiger partial charge on any atom is 0.514 e. The Morgan fingerprint density at radius 1 is 0.829 bits per heavy atom. The Labute approximate surface area is 243 Å². The first kappa shape index (κ1) is 35.7. The summed E-state index contributed by atoms with van der Waals surface area (Å²) in [4.78, 5) is 49.3. The molecule has 0 fully saturated rings. The number of nitrogens with two attached hydrogens (primary N) is 1. The first-order chi connectivity index (χ1) is 19.0. The number of hydrogen-bond donors (Lipinski definition) is 2. The van der Waals surface area contributed by atoms with E-state index in [1.165, 1.54) is 18.2 Å². The number of esters is 1. The molecule has 11 heteroatoms. The van der Waals surface area contributed by atoms with Crippen LogP contribution in [-0.4, -0.2) is 53.2 Å². The van der Waals surface area contributed by atoms with Crippen molar-refractivity contribution < 1.29 is 48.0 Å². The predicted molar refractivity (Wildman–Crippen MR) is 152 cm³/mol. The van der Waals surface area contributed by atoms with E-state index in [-0.39, 0.29) is 42.3 Å². The molecule has 0 aliphatic carbocycles. The average molecular weight is 582 g/mol. The lowest BCUT2D eigenvalue weighted by Gasteiger charge is -2.28. The van der Waals surface area contributed by atoms with Gasteiger partial charge in [-0.3, -0.25) is 9.59 Å². The second-order valence-corrected chi connectivity index (χ2v) is 11.8. The summed E-state index contributed by atoms with van der Waals surface area (Å²) in [6.45, 7) is 14.6. The van der Waals surface area contributed by atoms with Crippen molar-refractivity contribution in [2.24, 2.45) is 11.1 Å². The van der Waals surface area contributed by atoms with Crippen LogP contribution in [0.25, 0.3) is 0 Å². The zero-order valence-corrected chi connectivity index (χ0v) is 25.6. The van der Waals surface area contributed by atoms with Gasteiger partial charge in [0.15, 0.2) is 11.5 Å². The Hall–Kier alpha value is -3.34. The first-order valence-electron chi connectivity index (χ1n) is 14.1. The van der Waals surface area contributed by atoms with Gasteiger partial charge in [-0.25, -0.2) is 9.59 Å². The van der Waals surface area contributed by atoms with Crippen LogP contribution in [0.2, 0.25) is 0 Å². The van der Waals surface area contributed by atoms with E-state index in [9.17, 15) is 24.3 Å². The van der Waals surface area contributed by atoms with Gasteiger partial charge in [0.1, 0.15) is 23.9 Å². The summed E-state index contributed by atoms with van der Waals surface area (Å²) >= 11 is 0. The highest BCUT2D eigenvalue weighted by atomic mass is 16.7. The molecule has 232 valence electrons. The monoisotopic (exact) mass is 581 g/mol. The summed E-state index contributed by atoms with van der Waals surface area (Å²) < 4.78 is 26.6. The van der Waals surface area contributed by atoms with Gasteiger partial charge in [-0.2, -0.15) is 0 Å². The third-order valence-corrected chi connectivity index (χ3v) is 5.98. The van der Waals surface area contributed by atoms with Crippen molar-refractivity contribution in [1.29, 1.82) is 0 Å². The normalized spacial score (nSPS) is 15.0. The summed E-state index contributed by atoms with van der Waals surface area (Å²) in [5, 5.41) is 9.97. The molecule has 0 amide bonds. The molecule has 4 atom stereocenters. The molecular weight excluding hydrogens is 534 g/mol. The number of ether oxygens (including phenoxy) is 5. The van der Waals surface area contributed by atoms with E-state index < -0.39 is 42.0 Å². The number of carboxylic acids is 1. The van der Waals surface area contributed by atoms with Gasteiger partial charge in [0.25, 0.3) is 0 Å². The fourth-order valence-electron chi connectivity index (χ4n) is 4.17. The number of carbonyl (C=O) groups is 4. The zero-order chi connectivity index (χ0) is 31.4. The molecule has 0 bridgehead atoms. The van der Waals surface area contributed by atoms with Gasteiger partial charge in [-0.05, 0) is 56.7 Å². The van der Waals surface area contributed by atoms with Gasteiger partial charge in [-0.15, -0.1) is 0 Å². The van der Waals surface area contributed by atoms with Gasteiger partial charge in [0.05, 0.1) is 6.42 Å². The lowest BCUT2D eigenvalue weighted by molar-refractivity contribution is -0.154. The van der Waals surface area contributed by atoms with E-state index in [1.807, 2.05) is 34.6 Å². The predicted octanol–water partition coefficient (Wildman–Crippen LogP) is 6.18. The van der Waals surface area contributed by atoms with E-state index in [1.54, 1.807) is 20.8 Å². The molecule has 0 saturated carbocycles. The molecule has 0 spiro atoms. The fraction of sp³-hybridized carbons (Fsp3) is 0.667. The number of carboxylic acid groups (broad SMARTS) is 1. The van der Waals surface area contributed by atoms with Crippen molar-refractivity contribution in [2.75, 3.05) is 0 Å². The highest BCUT2D eigenvalue weighted by Gasteiger charge is 2.37. The average Bonchev–Trinajstić information content (AvgIpc) is 2.79. The van der Waals surface area contributed by atoms with Gasteiger partial charge in [0.2, 0.25) is 0 Å². The van der Waals surface area contributed by atoms with Gasteiger partial charge >= 0.3 is 24.2 Å². The SMILES string of the molecule is CCCC(C)OC(=O)Oc1ccc(CC(N)(C[C@H](C)OC(=O)CC(C)(C)C)C(=O)O)cc1OC(=O)OC(C)CCC. The first-order valence-corrected chi connectivity index (χ1v) is 14.1. The topological polar surface area (TPSA) is 161 Å². The van der Waals surface area contributed by atoms with Crippen LogP contribution in [0.4, 0.5) is 9.59 Å². The van der Waals surface area contributed by atoms with Crippen molar-refractivity contribution in [1.82, 2.24) is 0 Å². The van der Waals surface area contributed by atoms with Crippen LogP contribution < -0.4 is 15.2 Å². The summed E-state index contributed by atoms with van der Waals surface area (Å²) in [6.07, 6.45) is -0.951. The number of benzene rings is 1. The molecule has 11 nitrogen and oxygen atoms in total. The Kier molecular flexibility index (Phi) is 14.1. The highest BCUT2D eigenvalue weighted by molar-refractivity contribution is 5.79. The molecular formula is C30H47NO10. The number of hydrogen-bond acceptors (Lipinski definition) is 10. The molecule has 0 radical (unpaired) electrons. The molecule has 0 aromatic heterocycles. The largest absolute Gasteiger partial charge is 0.514 e. The van der Waals surface area contributed by atoms with Crippen LogP contribution in [-0.2, 0) is 30.2 Å². The molecule has 3 N–H and O–H groups in total. The van der Waals surface area contributed by atoms with Crippen LogP contribution in [0.15, 0.2) is 18.2 Å². The Morgan fingerprint density at radius 2 is 1.34 bits per heavy atom. The minimum atomic E-state index is -1.83. The van der Waals surface area contributed by atoms with Crippen molar-refractivity contribution >= 4 is 24.2 Å². The second-order valence-electron chi connectivity index (χ2n) is 11.8. The number of rotatable bonds is 15. The molecule has 0 saturated heterocycles. The van der Waals surface area contributed by atoms with Gasteiger partial charge in [-0.1, -0.05) is 53.5 Å². The van der Waals surface area contributed by atoms with Crippen molar-refractivity contribution in [3.63, 3.8) is 0 Å². The van der Waals surface area contributed by atoms with Crippen LogP contribution in [0.5, 0.6) is 11.5 Å². The lowest BCUT2D eigenvalue weighted by Crippen LogP contribution is -2.52. The molecule has 1 rings (SSSR count). The van der Waals surface area contributed by atoms with Gasteiger partial charge in [0, 0.05) is 12.8 Å². The van der Waals surface area contributed by atoms with E-state index in [0.717, 1.165) is 12.8 Å². The molecule has 0 aliphatic heterocycles. The smallest absolute Gasteiger partial charge is 0.480 e. The van der Waals surface area contributed by atoms with E-state index in [2.05, 4.69) is 0 Å². The van der Waals surface area contributed by atoms with Crippen LogP contribution >= 0.6 is 0 Å². The van der Waals surface area contributed by atoms with Crippen LogP contribution in [0, 0.1) is 5.41 Å². The third kappa shape index (κ3) is 13.7. The summed E-state index contributed by atoms with van der Waals surface area (Å²) in [5.74, 6) is -2.05. The summed E-state index contributed by atoms with van der Waals surface area (Å²) in [6, 6.07) is 4.20. The van der Waals surface area contributed by atoms with Gasteiger partial charge < -0.3 is 34.5 Å². The minimum Gasteiger partial charge on any atom is -0.480 e. The second kappa shape index (κ2) is 16.2. The molecule has 0 heterocycles. The Bertz CT molecular complexity index is 1030. The fourth-order valence-corrected chi connectivity index (χ4v) is 4.17. The highest BCUT2D eigenvalue weighted by Crippen LogP contribution is 2.32. The molecule has 0 aliphatic rings. The zero-order valence-electron chi connectivity index (χ0n) is 25.6. The number of aliphatic carboxylic acids is 1. The molecule has 41 heavy (non-hydrogen) atoms. The summed E-state index contributed by atoms with van der Waals surface area (Å²) in [5.41, 5.74) is 4.55. The molecule has 1 aromatic carbocycles. The Balaban J connectivity index is 3.20. The van der Waals surface area contributed by atoms with Crippen molar-refractivity contribution in [2.45, 2.75) is 124 Å². The third-order valence-electron chi connectivity index (χ3n) is 5.98. The maximum absolute atomic E-state index is 12.5. The van der Waals surface area contributed by atoms with Crippen molar-refractivity contribution in [3.05, 3.63) is 23.8 Å². The summed E-state index contributed by atoms with van der Waals surface area (Å²) in [7, 11) is 0. The number of carbonyl (C=O) groups excluding carboxylic acids is 3. The maximum atomic E-state index is 12.5. The van der Waals surface area contributed by atoms with E-state index in [0.29, 0.717) is 18.4 Å². The Morgan fingerprint density at radius 3 is 1.80 bits per heavy atom. The standard InChI is InChI=1S/C30H47NO10/c1-9-11-19(3)38-27(35)40-23-14-13-22(15-24(23)41-28(36)39-20(4)12-10-2)17-30(31,26(33)34)16-21(5)37-25(32)18-29(6,7)8/h13-15,19-21H,9-12,16-18,31H2,1-8H3,(H,33,34)/t19?,20?,21-,30?/m0/s1. The van der Waals surface area contributed by atoms with Crippen LogP contribution in [0.1, 0.15) is 99.5 Å². The van der Waals surface area contributed by atoms with E-state index in [4.69, 9.17) is 29.4 Å². The quantitative estimate of drug-likeness (QED) is 0.138. The molecule has 1 aromatic rings. The van der Waals surface area contributed by atoms with Crippen molar-refractivity contribution in [3.8, 4) is 11.5 Å². The van der Waals surface area contributed by atoms with Crippen LogP contribution in [0.3, 0.4) is 0 Å². The van der Waals surface area contributed by atoms with E-state index >= 15 is 0 Å². The molecule has 3 unspecified atom stereocenters. The lowest BCUT2D eigenvalue weighted by atomic mass is 9.86. The minimum absolute atomic E-state index is 0.120.